The summed E-state index contributed by atoms with van der Waals surface area (Å²) in [6, 6.07) is 0.733. The zero-order valence-electron chi connectivity index (χ0n) is 7.56. The third kappa shape index (κ3) is 1.18. The summed E-state index contributed by atoms with van der Waals surface area (Å²) < 4.78 is 0. The molecule has 64 valence electrons. The molecule has 1 spiro atoms. The summed E-state index contributed by atoms with van der Waals surface area (Å²) in [4.78, 5) is 2.58. The molecule has 2 aliphatic heterocycles. The molecule has 0 unspecified atom stereocenters. The summed E-state index contributed by atoms with van der Waals surface area (Å²) in [5, 5.41) is 3.56. The van der Waals surface area contributed by atoms with Crippen LogP contribution in [0.25, 0.3) is 0 Å². The van der Waals surface area contributed by atoms with Gasteiger partial charge in [-0.15, -0.1) is 0 Å². The smallest absolute Gasteiger partial charge is 0.0333 e. The molecule has 0 aromatic heterocycles. The Labute approximate surface area is 69.0 Å². The maximum Gasteiger partial charge on any atom is 0.0333 e. The predicted molar refractivity (Wildman–Crippen MR) is 46.7 cm³/mol. The Balaban J connectivity index is 1.93. The molecule has 1 N–H and O–H groups in total. The Hall–Kier alpha value is -0.0800. The van der Waals surface area contributed by atoms with E-state index in [0.29, 0.717) is 5.54 Å². The van der Waals surface area contributed by atoms with Gasteiger partial charge in [0.1, 0.15) is 0 Å². The fraction of sp³-hybridized carbons (Fsp3) is 1.00. The first-order valence-electron chi connectivity index (χ1n) is 4.71. The molecule has 0 saturated carbocycles. The van der Waals surface area contributed by atoms with E-state index in [1.165, 1.54) is 32.5 Å². The summed E-state index contributed by atoms with van der Waals surface area (Å²) in [7, 11) is 0. The van der Waals surface area contributed by atoms with E-state index < -0.39 is 0 Å². The van der Waals surface area contributed by atoms with Crippen molar-refractivity contribution in [2.75, 3.05) is 19.6 Å². The summed E-state index contributed by atoms with van der Waals surface area (Å²) in [5.74, 6) is 0. The number of rotatable bonds is 1. The first kappa shape index (κ1) is 7.56. The molecule has 0 aromatic rings. The maximum atomic E-state index is 3.56. The minimum absolute atomic E-state index is 0.546. The zero-order valence-corrected chi connectivity index (χ0v) is 7.56. The van der Waals surface area contributed by atoms with Crippen molar-refractivity contribution in [2.45, 2.75) is 38.3 Å². The van der Waals surface area contributed by atoms with Crippen molar-refractivity contribution in [3.8, 4) is 0 Å². The molecular formula is C9H18N2. The molecule has 0 amide bonds. The minimum atomic E-state index is 0.546. The molecule has 2 aliphatic rings. The van der Waals surface area contributed by atoms with Crippen LogP contribution in [0, 0.1) is 0 Å². The molecule has 2 rings (SSSR count). The van der Waals surface area contributed by atoms with Gasteiger partial charge < -0.3 is 5.32 Å². The van der Waals surface area contributed by atoms with Crippen LogP contribution in [-0.4, -0.2) is 36.1 Å². The van der Waals surface area contributed by atoms with Gasteiger partial charge in [0.15, 0.2) is 0 Å². The van der Waals surface area contributed by atoms with Gasteiger partial charge in [-0.3, -0.25) is 4.90 Å². The highest BCUT2D eigenvalue weighted by Crippen LogP contribution is 2.30. The van der Waals surface area contributed by atoms with E-state index in [4.69, 9.17) is 0 Å². The lowest BCUT2D eigenvalue weighted by Gasteiger charge is -2.40. The third-order valence-corrected chi connectivity index (χ3v) is 3.22. The second-order valence-electron chi connectivity index (χ2n) is 4.27. The highest BCUT2D eigenvalue weighted by atomic mass is 15.2. The van der Waals surface area contributed by atoms with E-state index in [0.717, 1.165) is 6.04 Å². The van der Waals surface area contributed by atoms with Gasteiger partial charge in [0.25, 0.3) is 0 Å². The van der Waals surface area contributed by atoms with E-state index in [-0.39, 0.29) is 0 Å². The van der Waals surface area contributed by atoms with E-state index in [1.54, 1.807) is 0 Å². The van der Waals surface area contributed by atoms with E-state index in [1.807, 2.05) is 0 Å². The lowest BCUT2D eigenvalue weighted by molar-refractivity contribution is 0.185. The van der Waals surface area contributed by atoms with Gasteiger partial charge in [-0.2, -0.15) is 0 Å². The van der Waals surface area contributed by atoms with Crippen LogP contribution in [0.1, 0.15) is 26.7 Å². The summed E-state index contributed by atoms with van der Waals surface area (Å²) in [6.07, 6.45) is 2.77. The first-order valence-corrected chi connectivity index (χ1v) is 4.71. The standard InChI is InChI=1S/C9H18N2/c1-8(2)11-6-4-9(7-11)3-5-10-9/h8,10H,3-7H2,1-2H3/t9-/m0/s1. The largest absolute Gasteiger partial charge is 0.310 e. The van der Waals surface area contributed by atoms with Crippen molar-refractivity contribution in [1.82, 2.24) is 10.2 Å². The van der Waals surface area contributed by atoms with Crippen molar-refractivity contribution < 1.29 is 0 Å². The average molecular weight is 154 g/mol. The molecule has 2 heterocycles. The summed E-state index contributed by atoms with van der Waals surface area (Å²) in [5.41, 5.74) is 0.546. The van der Waals surface area contributed by atoms with E-state index >= 15 is 0 Å². The van der Waals surface area contributed by atoms with Crippen LogP contribution in [0.15, 0.2) is 0 Å². The van der Waals surface area contributed by atoms with Crippen molar-refractivity contribution >= 4 is 0 Å². The van der Waals surface area contributed by atoms with Gasteiger partial charge >= 0.3 is 0 Å². The molecule has 0 aromatic carbocycles. The van der Waals surface area contributed by atoms with Crippen molar-refractivity contribution in [2.24, 2.45) is 0 Å². The molecule has 11 heavy (non-hydrogen) atoms. The van der Waals surface area contributed by atoms with Gasteiger partial charge in [-0.1, -0.05) is 0 Å². The molecule has 1 atom stereocenters. The van der Waals surface area contributed by atoms with Crippen LogP contribution in [0.4, 0.5) is 0 Å². The van der Waals surface area contributed by atoms with Crippen molar-refractivity contribution in [3.63, 3.8) is 0 Å². The van der Waals surface area contributed by atoms with E-state index in [2.05, 4.69) is 24.1 Å². The van der Waals surface area contributed by atoms with Crippen LogP contribution in [0.3, 0.4) is 0 Å². The van der Waals surface area contributed by atoms with Crippen LogP contribution in [-0.2, 0) is 0 Å². The van der Waals surface area contributed by atoms with Gasteiger partial charge in [0.05, 0.1) is 0 Å². The minimum Gasteiger partial charge on any atom is -0.310 e. The lowest BCUT2D eigenvalue weighted by Crippen LogP contribution is -2.58. The molecule has 2 saturated heterocycles. The molecule has 2 fully saturated rings. The average Bonchev–Trinajstić information content (AvgIpc) is 2.28. The molecule has 0 bridgehead atoms. The number of hydrogen-bond acceptors (Lipinski definition) is 2. The third-order valence-electron chi connectivity index (χ3n) is 3.22. The van der Waals surface area contributed by atoms with E-state index in [9.17, 15) is 0 Å². The fourth-order valence-corrected chi connectivity index (χ4v) is 2.17. The maximum absolute atomic E-state index is 3.56. The van der Waals surface area contributed by atoms with Crippen LogP contribution in [0.2, 0.25) is 0 Å². The van der Waals surface area contributed by atoms with Crippen LogP contribution >= 0.6 is 0 Å². The van der Waals surface area contributed by atoms with Gasteiger partial charge in [0.2, 0.25) is 0 Å². The number of nitrogens with zero attached hydrogens (tertiary/aromatic N) is 1. The Morgan fingerprint density at radius 2 is 2.09 bits per heavy atom. The number of hydrogen-bond donors (Lipinski definition) is 1. The molecule has 0 radical (unpaired) electrons. The second-order valence-corrected chi connectivity index (χ2v) is 4.27. The number of nitrogens with one attached hydrogen (secondary N) is 1. The van der Waals surface area contributed by atoms with Crippen LogP contribution in [0.5, 0.6) is 0 Å². The highest BCUT2D eigenvalue weighted by Gasteiger charge is 2.42. The van der Waals surface area contributed by atoms with Crippen LogP contribution < -0.4 is 5.32 Å². The monoisotopic (exact) mass is 154 g/mol. The molecule has 0 aliphatic carbocycles. The SMILES string of the molecule is CC(C)N1CC[C@@]2(CCN2)C1. The van der Waals surface area contributed by atoms with Gasteiger partial charge in [-0.05, 0) is 33.2 Å². The normalized spacial score (nSPS) is 38.5. The quantitative estimate of drug-likeness (QED) is 0.602. The summed E-state index contributed by atoms with van der Waals surface area (Å²) >= 11 is 0. The lowest BCUT2D eigenvalue weighted by atomic mass is 9.87. The van der Waals surface area contributed by atoms with Crippen molar-refractivity contribution in [3.05, 3.63) is 0 Å². The summed E-state index contributed by atoms with van der Waals surface area (Å²) in [6.45, 7) is 8.40. The predicted octanol–water partition coefficient (Wildman–Crippen LogP) is 0.833. The Kier molecular flexibility index (Phi) is 1.69. The Bertz CT molecular complexity index is 150. The number of likely N-dealkylation sites (tertiary alicyclic amines) is 1. The Morgan fingerprint density at radius 3 is 2.36 bits per heavy atom. The molecule has 2 nitrogen and oxygen atoms in total. The zero-order chi connectivity index (χ0) is 7.90. The highest BCUT2D eigenvalue weighted by molar-refractivity contribution is 5.03. The second kappa shape index (κ2) is 2.46. The molecular weight excluding hydrogens is 136 g/mol. The van der Waals surface area contributed by atoms with Gasteiger partial charge in [-0.25, -0.2) is 0 Å². The first-order chi connectivity index (χ1) is 5.22. The molecule has 2 heteroatoms. The fourth-order valence-electron chi connectivity index (χ4n) is 2.17. The van der Waals surface area contributed by atoms with Gasteiger partial charge in [0, 0.05) is 24.7 Å². The van der Waals surface area contributed by atoms with Crippen molar-refractivity contribution in [1.29, 1.82) is 0 Å². The topological polar surface area (TPSA) is 15.3 Å². The Morgan fingerprint density at radius 1 is 1.36 bits per heavy atom.